The first-order valence-electron chi connectivity index (χ1n) is 4.64. The smallest absolute Gasteiger partial charge is 0.227 e. The van der Waals surface area contributed by atoms with Crippen molar-refractivity contribution in [3.63, 3.8) is 0 Å². The summed E-state index contributed by atoms with van der Waals surface area (Å²) in [5, 5.41) is 0. The van der Waals surface area contributed by atoms with Crippen LogP contribution in [-0.4, -0.2) is 4.98 Å². The average Bonchev–Trinajstić information content (AvgIpc) is 2.67. The zero-order chi connectivity index (χ0) is 10.8. The molecule has 0 spiro atoms. The molecule has 0 fully saturated rings. The van der Waals surface area contributed by atoms with Crippen LogP contribution in [0.2, 0.25) is 0 Å². The Bertz CT molecular complexity index is 465. The van der Waals surface area contributed by atoms with Crippen molar-refractivity contribution in [2.45, 2.75) is 13.0 Å². The van der Waals surface area contributed by atoms with Crippen molar-refractivity contribution in [1.29, 1.82) is 0 Å². The summed E-state index contributed by atoms with van der Waals surface area (Å²) in [6.07, 6.45) is 1.67. The highest BCUT2D eigenvalue weighted by molar-refractivity contribution is 9.10. The molecule has 4 heteroatoms. The largest absolute Gasteiger partial charge is 0.439 e. The molecule has 1 aromatic heterocycles. The van der Waals surface area contributed by atoms with Gasteiger partial charge in [-0.15, -0.1) is 0 Å². The summed E-state index contributed by atoms with van der Waals surface area (Å²) in [5.41, 5.74) is 6.63. The Labute approximate surface area is 96.4 Å². The minimum Gasteiger partial charge on any atom is -0.439 e. The lowest BCUT2D eigenvalue weighted by Crippen LogP contribution is -2.02. The van der Waals surface area contributed by atoms with Crippen LogP contribution in [0, 0.1) is 0 Å². The highest BCUT2D eigenvalue weighted by Crippen LogP contribution is 2.28. The molecule has 1 atom stereocenters. The Kier molecular flexibility index (Phi) is 2.88. The molecule has 1 unspecified atom stereocenters. The molecule has 0 bridgehead atoms. The second-order valence-corrected chi connectivity index (χ2v) is 4.19. The number of nitrogens with zero attached hydrogens (tertiary/aromatic N) is 1. The van der Waals surface area contributed by atoms with Crippen molar-refractivity contribution in [1.82, 2.24) is 4.98 Å². The third-order valence-corrected chi connectivity index (χ3v) is 2.77. The monoisotopic (exact) mass is 266 g/mol. The van der Waals surface area contributed by atoms with Gasteiger partial charge in [0.1, 0.15) is 5.76 Å². The summed E-state index contributed by atoms with van der Waals surface area (Å²) in [4.78, 5) is 4.19. The van der Waals surface area contributed by atoms with Crippen LogP contribution in [0.3, 0.4) is 0 Å². The minimum atomic E-state index is -0.131. The van der Waals surface area contributed by atoms with Gasteiger partial charge in [0.25, 0.3) is 0 Å². The normalized spacial score (nSPS) is 12.7. The molecular weight excluding hydrogens is 256 g/mol. The maximum atomic E-state index is 5.70. The molecule has 1 aromatic carbocycles. The van der Waals surface area contributed by atoms with E-state index < -0.39 is 0 Å². The van der Waals surface area contributed by atoms with Gasteiger partial charge in [0.05, 0.1) is 17.8 Å². The first-order chi connectivity index (χ1) is 7.18. The molecule has 15 heavy (non-hydrogen) atoms. The molecule has 0 saturated carbocycles. The van der Waals surface area contributed by atoms with Gasteiger partial charge in [-0.3, -0.25) is 0 Å². The number of aromatic nitrogens is 1. The Morgan fingerprint density at radius 1 is 1.40 bits per heavy atom. The maximum absolute atomic E-state index is 5.70. The number of rotatable bonds is 2. The Morgan fingerprint density at radius 2 is 2.13 bits per heavy atom. The van der Waals surface area contributed by atoms with E-state index in [4.69, 9.17) is 10.2 Å². The fourth-order valence-corrected chi connectivity index (χ4v) is 1.71. The zero-order valence-corrected chi connectivity index (χ0v) is 9.86. The summed E-state index contributed by atoms with van der Waals surface area (Å²) < 4.78 is 6.51. The molecule has 0 radical (unpaired) electrons. The van der Waals surface area contributed by atoms with Crippen LogP contribution in [0.15, 0.2) is 39.4 Å². The zero-order valence-electron chi connectivity index (χ0n) is 8.27. The minimum absolute atomic E-state index is 0.131. The molecule has 0 aliphatic rings. The first-order valence-corrected chi connectivity index (χ1v) is 5.44. The predicted molar refractivity (Wildman–Crippen MR) is 62.2 cm³/mol. The number of oxazole rings is 1. The molecule has 1 heterocycles. The number of benzene rings is 1. The van der Waals surface area contributed by atoms with Crippen LogP contribution in [-0.2, 0) is 0 Å². The van der Waals surface area contributed by atoms with Gasteiger partial charge < -0.3 is 10.2 Å². The highest BCUT2D eigenvalue weighted by atomic mass is 79.9. The van der Waals surface area contributed by atoms with Gasteiger partial charge in [-0.2, -0.15) is 0 Å². The number of hydrogen-bond acceptors (Lipinski definition) is 3. The van der Waals surface area contributed by atoms with Gasteiger partial charge in [-0.25, -0.2) is 4.98 Å². The maximum Gasteiger partial charge on any atom is 0.227 e. The van der Waals surface area contributed by atoms with Gasteiger partial charge in [0, 0.05) is 4.47 Å². The third kappa shape index (κ3) is 2.11. The van der Waals surface area contributed by atoms with Crippen LogP contribution >= 0.6 is 15.9 Å². The lowest BCUT2D eigenvalue weighted by atomic mass is 10.2. The lowest BCUT2D eigenvalue weighted by Gasteiger charge is -2.00. The van der Waals surface area contributed by atoms with E-state index in [0.29, 0.717) is 11.7 Å². The number of hydrogen-bond donors (Lipinski definition) is 1. The molecule has 0 aliphatic heterocycles. The van der Waals surface area contributed by atoms with Crippen molar-refractivity contribution >= 4 is 15.9 Å². The van der Waals surface area contributed by atoms with E-state index in [1.54, 1.807) is 6.20 Å². The lowest BCUT2D eigenvalue weighted by molar-refractivity contribution is 0.488. The molecule has 0 amide bonds. The average molecular weight is 267 g/mol. The molecule has 0 saturated heterocycles. The summed E-state index contributed by atoms with van der Waals surface area (Å²) in [7, 11) is 0. The Morgan fingerprint density at radius 3 is 2.73 bits per heavy atom. The Hall–Kier alpha value is -1.13. The van der Waals surface area contributed by atoms with E-state index in [-0.39, 0.29) is 6.04 Å². The van der Waals surface area contributed by atoms with E-state index in [0.717, 1.165) is 10.0 Å². The molecule has 2 rings (SSSR count). The van der Waals surface area contributed by atoms with Crippen molar-refractivity contribution < 1.29 is 4.42 Å². The van der Waals surface area contributed by atoms with Crippen molar-refractivity contribution in [2.24, 2.45) is 5.73 Å². The summed E-state index contributed by atoms with van der Waals surface area (Å²) in [6.45, 7) is 1.87. The fraction of sp³-hybridized carbons (Fsp3) is 0.182. The fourth-order valence-electron chi connectivity index (χ4n) is 1.26. The van der Waals surface area contributed by atoms with Crippen molar-refractivity contribution in [3.05, 3.63) is 40.7 Å². The van der Waals surface area contributed by atoms with Crippen LogP contribution < -0.4 is 5.73 Å². The summed E-state index contributed by atoms with van der Waals surface area (Å²) >= 11 is 3.45. The topological polar surface area (TPSA) is 52.0 Å². The van der Waals surface area contributed by atoms with E-state index in [9.17, 15) is 0 Å². The highest BCUT2D eigenvalue weighted by Gasteiger charge is 2.11. The molecule has 2 N–H and O–H groups in total. The van der Waals surface area contributed by atoms with Gasteiger partial charge in [0.15, 0.2) is 0 Å². The molecule has 78 valence electrons. The van der Waals surface area contributed by atoms with Gasteiger partial charge in [-0.1, -0.05) is 12.1 Å². The Balaban J connectivity index is 2.42. The second kappa shape index (κ2) is 4.16. The summed E-state index contributed by atoms with van der Waals surface area (Å²) in [6, 6.07) is 7.65. The van der Waals surface area contributed by atoms with Crippen LogP contribution in [0.25, 0.3) is 11.5 Å². The van der Waals surface area contributed by atoms with Crippen molar-refractivity contribution in [2.75, 3.05) is 0 Å². The third-order valence-electron chi connectivity index (χ3n) is 2.08. The van der Waals surface area contributed by atoms with E-state index in [2.05, 4.69) is 20.9 Å². The van der Waals surface area contributed by atoms with Crippen molar-refractivity contribution in [3.8, 4) is 11.5 Å². The second-order valence-electron chi connectivity index (χ2n) is 3.34. The summed E-state index contributed by atoms with van der Waals surface area (Å²) in [5.74, 6) is 1.29. The number of halogens is 1. The molecule has 0 aliphatic carbocycles. The predicted octanol–water partition coefficient (Wildman–Crippen LogP) is 3.12. The van der Waals surface area contributed by atoms with Gasteiger partial charge in [-0.05, 0) is 35.0 Å². The number of nitrogens with two attached hydrogens (primary N) is 1. The molecule has 3 nitrogen and oxygen atoms in total. The first kappa shape index (κ1) is 10.4. The van der Waals surface area contributed by atoms with Crippen LogP contribution in [0.5, 0.6) is 0 Å². The van der Waals surface area contributed by atoms with E-state index >= 15 is 0 Å². The van der Waals surface area contributed by atoms with Gasteiger partial charge >= 0.3 is 0 Å². The van der Waals surface area contributed by atoms with Gasteiger partial charge in [0.2, 0.25) is 5.89 Å². The van der Waals surface area contributed by atoms with Crippen LogP contribution in [0.1, 0.15) is 18.7 Å². The quantitative estimate of drug-likeness (QED) is 0.909. The SMILES string of the molecule is CC(N)c1cnc(-c2ccccc2Br)o1. The molecular formula is C11H11BrN2O. The molecule has 2 aromatic rings. The van der Waals surface area contributed by atoms with E-state index in [1.807, 2.05) is 31.2 Å². The standard InChI is InChI=1S/C11H11BrN2O/c1-7(13)10-6-14-11(15-10)8-4-2-3-5-9(8)12/h2-7H,13H2,1H3. The van der Waals surface area contributed by atoms with E-state index in [1.165, 1.54) is 0 Å². The van der Waals surface area contributed by atoms with Crippen LogP contribution in [0.4, 0.5) is 0 Å².